The number of carbonyl (C=O) groups is 1. The largest absolute Gasteiger partial charge is 0.355 e. The summed E-state index contributed by atoms with van der Waals surface area (Å²) in [5, 5.41) is 6.20. The fourth-order valence-electron chi connectivity index (χ4n) is 1.74. The van der Waals surface area contributed by atoms with Gasteiger partial charge in [0.15, 0.2) is 0 Å². The predicted octanol–water partition coefficient (Wildman–Crippen LogP) is 1.63. The lowest BCUT2D eigenvalue weighted by Crippen LogP contribution is -2.40. The Bertz CT molecular complexity index is 203. The molecule has 0 bridgehead atoms. The zero-order chi connectivity index (χ0) is 11.8. The van der Waals surface area contributed by atoms with E-state index in [1.807, 2.05) is 11.8 Å². The minimum absolute atomic E-state index is 0.0725. The second-order valence-corrected chi connectivity index (χ2v) is 5.91. The monoisotopic (exact) mass is 244 g/mol. The first-order valence-corrected chi connectivity index (χ1v) is 7.44. The number of hydrogen-bond acceptors (Lipinski definition) is 3. The zero-order valence-electron chi connectivity index (χ0n) is 10.4. The van der Waals surface area contributed by atoms with Crippen LogP contribution in [0.2, 0.25) is 0 Å². The summed E-state index contributed by atoms with van der Waals surface area (Å²) < 4.78 is 0. The molecule has 1 amide bonds. The number of carbonyl (C=O) groups excluding carboxylic acids is 1. The van der Waals surface area contributed by atoms with Gasteiger partial charge in [0.1, 0.15) is 0 Å². The summed E-state index contributed by atoms with van der Waals surface area (Å²) in [6.07, 6.45) is 3.20. The molecule has 1 aliphatic heterocycles. The Labute approximate surface area is 103 Å². The minimum atomic E-state index is 0.0725. The summed E-state index contributed by atoms with van der Waals surface area (Å²) in [7, 11) is 0. The molecule has 2 N–H and O–H groups in total. The Morgan fingerprint density at radius 1 is 1.56 bits per heavy atom. The molecule has 1 rings (SSSR count). The van der Waals surface area contributed by atoms with E-state index in [9.17, 15) is 4.79 Å². The van der Waals surface area contributed by atoms with Crippen LogP contribution >= 0.6 is 11.8 Å². The number of nitrogens with one attached hydrogen (secondary N) is 2. The van der Waals surface area contributed by atoms with Crippen molar-refractivity contribution < 1.29 is 4.79 Å². The summed E-state index contributed by atoms with van der Waals surface area (Å²) in [6, 6.07) is 0.0725. The van der Waals surface area contributed by atoms with Gasteiger partial charge in [-0.15, -0.1) is 0 Å². The van der Waals surface area contributed by atoms with Gasteiger partial charge in [-0.3, -0.25) is 4.79 Å². The lowest BCUT2D eigenvalue weighted by Gasteiger charge is -2.11. The molecule has 0 aromatic carbocycles. The first-order chi connectivity index (χ1) is 7.70. The maximum Gasteiger partial charge on any atom is 0.237 e. The maximum absolute atomic E-state index is 11.6. The Morgan fingerprint density at radius 3 is 3.00 bits per heavy atom. The van der Waals surface area contributed by atoms with Crippen LogP contribution in [0, 0.1) is 5.92 Å². The van der Waals surface area contributed by atoms with Gasteiger partial charge < -0.3 is 10.6 Å². The lowest BCUT2D eigenvalue weighted by atomic mass is 10.2. The van der Waals surface area contributed by atoms with Crippen molar-refractivity contribution in [2.24, 2.45) is 5.92 Å². The van der Waals surface area contributed by atoms with Crippen molar-refractivity contribution in [2.45, 2.75) is 39.2 Å². The summed E-state index contributed by atoms with van der Waals surface area (Å²) in [5.41, 5.74) is 0. The summed E-state index contributed by atoms with van der Waals surface area (Å²) in [4.78, 5) is 11.6. The second kappa shape index (κ2) is 7.96. The van der Waals surface area contributed by atoms with Crippen molar-refractivity contribution in [3.8, 4) is 0 Å². The van der Waals surface area contributed by atoms with Gasteiger partial charge in [-0.05, 0) is 43.2 Å². The molecule has 0 aliphatic carbocycles. The number of thioether (sulfide) groups is 1. The van der Waals surface area contributed by atoms with Crippen LogP contribution in [0.25, 0.3) is 0 Å². The minimum Gasteiger partial charge on any atom is -0.355 e. The Hall–Kier alpha value is -0.220. The molecule has 1 fully saturated rings. The van der Waals surface area contributed by atoms with Gasteiger partial charge >= 0.3 is 0 Å². The van der Waals surface area contributed by atoms with Crippen molar-refractivity contribution in [3.63, 3.8) is 0 Å². The average Bonchev–Trinajstić information content (AvgIpc) is 2.75. The highest BCUT2D eigenvalue weighted by molar-refractivity contribution is 7.99. The van der Waals surface area contributed by atoms with Crippen LogP contribution in [0.1, 0.15) is 33.1 Å². The zero-order valence-corrected chi connectivity index (χ0v) is 11.2. The number of hydrogen-bond donors (Lipinski definition) is 2. The van der Waals surface area contributed by atoms with E-state index in [2.05, 4.69) is 24.5 Å². The second-order valence-electron chi connectivity index (χ2n) is 4.76. The van der Waals surface area contributed by atoms with Crippen LogP contribution in [0.4, 0.5) is 0 Å². The van der Waals surface area contributed by atoms with E-state index >= 15 is 0 Å². The first-order valence-electron chi connectivity index (χ1n) is 6.29. The van der Waals surface area contributed by atoms with Gasteiger partial charge in [0.05, 0.1) is 6.04 Å². The fourth-order valence-corrected chi connectivity index (χ4v) is 2.72. The van der Waals surface area contributed by atoms with E-state index in [4.69, 9.17) is 0 Å². The number of rotatable bonds is 7. The van der Waals surface area contributed by atoms with E-state index in [-0.39, 0.29) is 11.9 Å². The molecular formula is C12H24N2OS. The van der Waals surface area contributed by atoms with Crippen LogP contribution in [0.3, 0.4) is 0 Å². The van der Waals surface area contributed by atoms with Crippen molar-refractivity contribution in [3.05, 3.63) is 0 Å². The van der Waals surface area contributed by atoms with Gasteiger partial charge in [-0.25, -0.2) is 0 Å². The first kappa shape index (κ1) is 13.8. The highest BCUT2D eigenvalue weighted by Crippen LogP contribution is 2.08. The molecule has 1 saturated heterocycles. The lowest BCUT2D eigenvalue weighted by molar-refractivity contribution is -0.122. The van der Waals surface area contributed by atoms with E-state index in [1.165, 1.54) is 5.75 Å². The predicted molar refractivity (Wildman–Crippen MR) is 70.8 cm³/mol. The molecule has 1 atom stereocenters. The van der Waals surface area contributed by atoms with Gasteiger partial charge in [-0.2, -0.15) is 11.8 Å². The Kier molecular flexibility index (Phi) is 6.88. The molecule has 0 spiro atoms. The number of amides is 1. The quantitative estimate of drug-likeness (QED) is 0.669. The molecule has 16 heavy (non-hydrogen) atoms. The Balaban J connectivity index is 1.92. The SMILES string of the molecule is CC(C)CSCCCNC(=O)C1CCCN1. The van der Waals surface area contributed by atoms with E-state index in [1.54, 1.807) is 0 Å². The van der Waals surface area contributed by atoms with Crippen LogP contribution in [0.5, 0.6) is 0 Å². The van der Waals surface area contributed by atoms with Crippen molar-refractivity contribution >= 4 is 17.7 Å². The normalized spacial score (nSPS) is 20.3. The molecule has 0 aromatic heterocycles. The van der Waals surface area contributed by atoms with Crippen LogP contribution in [0.15, 0.2) is 0 Å². The van der Waals surface area contributed by atoms with E-state index in [0.717, 1.165) is 44.0 Å². The smallest absolute Gasteiger partial charge is 0.237 e. The summed E-state index contributed by atoms with van der Waals surface area (Å²) in [6.45, 7) is 6.28. The molecule has 1 heterocycles. The molecular weight excluding hydrogens is 220 g/mol. The summed E-state index contributed by atoms with van der Waals surface area (Å²) >= 11 is 1.98. The topological polar surface area (TPSA) is 41.1 Å². The Morgan fingerprint density at radius 2 is 2.38 bits per heavy atom. The van der Waals surface area contributed by atoms with E-state index in [0.29, 0.717) is 0 Å². The van der Waals surface area contributed by atoms with Gasteiger partial charge in [0.2, 0.25) is 5.91 Å². The third-order valence-corrected chi connectivity index (χ3v) is 4.07. The molecule has 3 nitrogen and oxygen atoms in total. The molecule has 0 saturated carbocycles. The molecule has 94 valence electrons. The summed E-state index contributed by atoms with van der Waals surface area (Å²) in [5.74, 6) is 3.32. The standard InChI is InChI=1S/C12H24N2OS/c1-10(2)9-16-8-4-7-14-12(15)11-5-3-6-13-11/h10-11,13H,3-9H2,1-2H3,(H,14,15). The van der Waals surface area contributed by atoms with Crippen molar-refractivity contribution in [1.82, 2.24) is 10.6 Å². The third kappa shape index (κ3) is 5.75. The van der Waals surface area contributed by atoms with Crippen LogP contribution in [-0.2, 0) is 4.79 Å². The third-order valence-electron chi connectivity index (χ3n) is 2.59. The molecule has 0 radical (unpaired) electrons. The highest BCUT2D eigenvalue weighted by atomic mass is 32.2. The molecule has 0 aromatic rings. The van der Waals surface area contributed by atoms with Crippen molar-refractivity contribution in [1.29, 1.82) is 0 Å². The molecule has 1 aliphatic rings. The maximum atomic E-state index is 11.6. The average molecular weight is 244 g/mol. The fraction of sp³-hybridized carbons (Fsp3) is 0.917. The highest BCUT2D eigenvalue weighted by Gasteiger charge is 2.20. The van der Waals surface area contributed by atoms with E-state index < -0.39 is 0 Å². The van der Waals surface area contributed by atoms with Gasteiger partial charge in [0, 0.05) is 6.54 Å². The molecule has 1 unspecified atom stereocenters. The van der Waals surface area contributed by atoms with Crippen LogP contribution in [-0.4, -0.2) is 36.5 Å². The molecule has 4 heteroatoms. The van der Waals surface area contributed by atoms with Gasteiger partial charge in [0.25, 0.3) is 0 Å². The van der Waals surface area contributed by atoms with Crippen molar-refractivity contribution in [2.75, 3.05) is 24.6 Å². The van der Waals surface area contributed by atoms with Gasteiger partial charge in [-0.1, -0.05) is 13.8 Å². The van der Waals surface area contributed by atoms with Crippen LogP contribution < -0.4 is 10.6 Å².